The number of primary amides is 1. The van der Waals surface area contributed by atoms with Crippen LogP contribution in [0.15, 0.2) is 42.6 Å². The minimum absolute atomic E-state index is 0.104. The number of benzene rings is 1. The van der Waals surface area contributed by atoms with Crippen molar-refractivity contribution in [2.45, 2.75) is 38.8 Å². The summed E-state index contributed by atoms with van der Waals surface area (Å²) >= 11 is 0. The second kappa shape index (κ2) is 13.1. The number of methoxy groups -OCH3 is 1. The highest BCUT2D eigenvalue weighted by atomic mass is 16.5. The largest absolute Gasteiger partial charge is 0.497 e. The Morgan fingerprint density at radius 3 is 2.34 bits per heavy atom. The molecule has 4 heterocycles. The quantitative estimate of drug-likeness (QED) is 0.341. The van der Waals surface area contributed by atoms with Crippen LogP contribution in [-0.2, 0) is 13.0 Å². The lowest BCUT2D eigenvalue weighted by Crippen LogP contribution is -2.52. The predicted molar refractivity (Wildman–Crippen MR) is 162 cm³/mol. The van der Waals surface area contributed by atoms with Crippen LogP contribution < -0.4 is 26.0 Å². The molecule has 2 aliphatic heterocycles. The molecule has 1 amide bonds. The zero-order chi connectivity index (χ0) is 28.8. The van der Waals surface area contributed by atoms with E-state index in [1.807, 2.05) is 43.3 Å². The summed E-state index contributed by atoms with van der Waals surface area (Å²) in [6.45, 7) is 9.13. The number of aryl methyl sites for hydroxylation is 1. The van der Waals surface area contributed by atoms with Crippen LogP contribution in [0, 0.1) is 0 Å². The van der Waals surface area contributed by atoms with Crippen molar-refractivity contribution in [1.82, 2.24) is 24.8 Å². The molecule has 3 aromatic rings. The third-order valence-corrected chi connectivity index (χ3v) is 8.01. The zero-order valence-electron chi connectivity index (χ0n) is 24.3. The smallest absolute Gasteiger partial charge is 0.271 e. The summed E-state index contributed by atoms with van der Waals surface area (Å²) in [6.07, 6.45) is 4.67. The van der Waals surface area contributed by atoms with Crippen LogP contribution in [0.5, 0.6) is 5.75 Å². The highest BCUT2D eigenvalue weighted by Crippen LogP contribution is 2.26. The molecular weight excluding hydrogens is 518 g/mol. The first-order valence-corrected chi connectivity index (χ1v) is 14.4. The topological polar surface area (TPSA) is 125 Å². The Kier molecular flexibility index (Phi) is 9.15. The first kappa shape index (κ1) is 28.6. The van der Waals surface area contributed by atoms with Crippen molar-refractivity contribution in [2.24, 2.45) is 5.73 Å². The van der Waals surface area contributed by atoms with E-state index in [2.05, 4.69) is 37.4 Å². The van der Waals surface area contributed by atoms with Crippen LogP contribution in [0.25, 0.3) is 0 Å². The SMILES string of the molecule is CCc1nc(C(N)=O)c(Nc2ccc(N3CCC(N4CCN(C)CC4)CC3)nc2)nc1NCc1ccc(OC)cc1. The van der Waals surface area contributed by atoms with Crippen molar-refractivity contribution in [3.63, 3.8) is 0 Å². The van der Waals surface area contributed by atoms with Gasteiger partial charge in [0, 0.05) is 51.9 Å². The number of amides is 1. The fourth-order valence-corrected chi connectivity index (χ4v) is 5.48. The van der Waals surface area contributed by atoms with Crippen molar-refractivity contribution in [3.05, 3.63) is 59.5 Å². The van der Waals surface area contributed by atoms with Crippen LogP contribution in [0.3, 0.4) is 0 Å². The Hall–Kier alpha value is -3.96. The molecule has 2 aliphatic rings. The van der Waals surface area contributed by atoms with Gasteiger partial charge in [-0.3, -0.25) is 9.69 Å². The van der Waals surface area contributed by atoms with Crippen LogP contribution in [0.2, 0.25) is 0 Å². The number of piperidine rings is 1. The maximum atomic E-state index is 12.3. The highest BCUT2D eigenvalue weighted by Gasteiger charge is 2.27. The molecule has 1 aromatic carbocycles. The lowest BCUT2D eigenvalue weighted by Gasteiger charge is -2.42. The molecule has 0 bridgehead atoms. The number of nitrogens with zero attached hydrogens (tertiary/aromatic N) is 6. The third-order valence-electron chi connectivity index (χ3n) is 8.01. The molecule has 5 rings (SSSR count). The number of carbonyl (C=O) groups excluding carboxylic acids is 1. The number of pyridine rings is 1. The molecule has 2 saturated heterocycles. The van der Waals surface area contributed by atoms with Crippen molar-refractivity contribution in [1.29, 1.82) is 0 Å². The van der Waals surface area contributed by atoms with E-state index in [0.29, 0.717) is 42.0 Å². The Labute approximate surface area is 242 Å². The molecule has 0 saturated carbocycles. The van der Waals surface area contributed by atoms with Gasteiger partial charge in [-0.15, -0.1) is 0 Å². The Bertz CT molecular complexity index is 1300. The summed E-state index contributed by atoms with van der Waals surface area (Å²) in [6, 6.07) is 12.4. The number of ether oxygens (including phenoxy) is 1. The Balaban J connectivity index is 1.24. The first-order chi connectivity index (χ1) is 19.9. The van der Waals surface area contributed by atoms with E-state index in [-0.39, 0.29) is 5.69 Å². The minimum Gasteiger partial charge on any atom is -0.497 e. The van der Waals surface area contributed by atoms with Crippen LogP contribution in [0.1, 0.15) is 41.5 Å². The number of anilines is 4. The summed E-state index contributed by atoms with van der Waals surface area (Å²) in [7, 11) is 3.85. The van der Waals surface area contributed by atoms with Crippen molar-refractivity contribution in [2.75, 3.05) is 69.0 Å². The molecular formula is C30H41N9O2. The van der Waals surface area contributed by atoms with E-state index in [1.165, 1.54) is 0 Å². The van der Waals surface area contributed by atoms with Gasteiger partial charge in [0.1, 0.15) is 11.6 Å². The van der Waals surface area contributed by atoms with E-state index in [4.69, 9.17) is 20.4 Å². The molecule has 2 aromatic heterocycles. The van der Waals surface area contributed by atoms with Crippen LogP contribution in [-0.4, -0.2) is 90.1 Å². The van der Waals surface area contributed by atoms with Gasteiger partial charge in [0.05, 0.1) is 24.7 Å². The van der Waals surface area contributed by atoms with E-state index in [9.17, 15) is 4.79 Å². The molecule has 11 heteroatoms. The lowest BCUT2D eigenvalue weighted by molar-refractivity contribution is 0.0981. The van der Waals surface area contributed by atoms with Crippen molar-refractivity contribution < 1.29 is 9.53 Å². The number of nitrogens with two attached hydrogens (primary N) is 1. The monoisotopic (exact) mass is 559 g/mol. The van der Waals surface area contributed by atoms with Crippen LogP contribution >= 0.6 is 0 Å². The van der Waals surface area contributed by atoms with Gasteiger partial charge in [0.15, 0.2) is 17.3 Å². The molecule has 0 radical (unpaired) electrons. The van der Waals surface area contributed by atoms with E-state index < -0.39 is 5.91 Å². The van der Waals surface area contributed by atoms with Crippen LogP contribution in [0.4, 0.5) is 23.1 Å². The second-order valence-electron chi connectivity index (χ2n) is 10.7. The van der Waals surface area contributed by atoms with Gasteiger partial charge in [-0.2, -0.15) is 0 Å². The number of aromatic nitrogens is 3. The Morgan fingerprint density at radius 2 is 1.73 bits per heavy atom. The molecule has 2 fully saturated rings. The predicted octanol–water partition coefficient (Wildman–Crippen LogP) is 3.11. The minimum atomic E-state index is -0.635. The number of hydrogen-bond acceptors (Lipinski definition) is 10. The summed E-state index contributed by atoms with van der Waals surface area (Å²) < 4.78 is 5.24. The van der Waals surface area contributed by atoms with Gasteiger partial charge in [-0.05, 0) is 56.1 Å². The maximum Gasteiger partial charge on any atom is 0.271 e. The number of carbonyl (C=O) groups is 1. The van der Waals surface area contributed by atoms with Gasteiger partial charge < -0.3 is 30.9 Å². The van der Waals surface area contributed by atoms with Gasteiger partial charge >= 0.3 is 0 Å². The van der Waals surface area contributed by atoms with Gasteiger partial charge in [0.2, 0.25) is 0 Å². The van der Waals surface area contributed by atoms with Gasteiger partial charge in [-0.1, -0.05) is 19.1 Å². The summed E-state index contributed by atoms with van der Waals surface area (Å²) in [4.78, 5) is 33.7. The fraction of sp³-hybridized carbons (Fsp3) is 0.467. The first-order valence-electron chi connectivity index (χ1n) is 14.4. The molecule has 4 N–H and O–H groups in total. The number of likely N-dealkylation sites (N-methyl/N-ethyl adjacent to an activating group) is 1. The van der Waals surface area contributed by atoms with Crippen molar-refractivity contribution >= 4 is 29.0 Å². The molecule has 0 spiro atoms. The summed E-state index contributed by atoms with van der Waals surface area (Å²) in [5, 5.41) is 6.58. The van der Waals surface area contributed by atoms with E-state index in [1.54, 1.807) is 13.3 Å². The van der Waals surface area contributed by atoms with Crippen molar-refractivity contribution in [3.8, 4) is 5.75 Å². The molecule has 218 valence electrons. The molecule has 0 aliphatic carbocycles. The zero-order valence-corrected chi connectivity index (χ0v) is 24.3. The van der Waals surface area contributed by atoms with E-state index >= 15 is 0 Å². The average Bonchev–Trinajstić information content (AvgIpc) is 3.01. The number of piperazine rings is 1. The Morgan fingerprint density at radius 1 is 1.00 bits per heavy atom. The third kappa shape index (κ3) is 7.04. The molecule has 0 atom stereocenters. The maximum absolute atomic E-state index is 12.3. The summed E-state index contributed by atoms with van der Waals surface area (Å²) in [5.41, 5.74) is 8.24. The lowest BCUT2D eigenvalue weighted by atomic mass is 10.0. The molecule has 41 heavy (non-hydrogen) atoms. The normalized spacial score (nSPS) is 16.9. The van der Waals surface area contributed by atoms with E-state index in [0.717, 1.165) is 69.2 Å². The fourth-order valence-electron chi connectivity index (χ4n) is 5.48. The highest BCUT2D eigenvalue weighted by molar-refractivity contribution is 5.96. The number of rotatable bonds is 10. The number of nitrogens with one attached hydrogen (secondary N) is 2. The molecule has 11 nitrogen and oxygen atoms in total. The van der Waals surface area contributed by atoms with Gasteiger partial charge in [-0.25, -0.2) is 15.0 Å². The molecule has 0 unspecified atom stereocenters. The summed E-state index contributed by atoms with van der Waals surface area (Å²) in [5.74, 6) is 2.02. The average molecular weight is 560 g/mol. The standard InChI is InChI=1S/C30H41N9O2/c1-4-25-29(33-19-21-5-8-24(41-3)9-6-21)36-30(27(35-25)28(31)40)34-22-7-10-26(32-20-22)39-13-11-23(12-14-39)38-17-15-37(2)16-18-38/h5-10,20,23H,4,11-19H2,1-3H3,(H2,31,40)(H2,33,34,36). The number of hydrogen-bond donors (Lipinski definition) is 3. The van der Waals surface area contributed by atoms with Gasteiger partial charge in [0.25, 0.3) is 5.91 Å². The second-order valence-corrected chi connectivity index (χ2v) is 10.7.